The third-order valence-electron chi connectivity index (χ3n) is 9.23. The molecule has 288 valence electrons. The van der Waals surface area contributed by atoms with Crippen molar-refractivity contribution in [3.05, 3.63) is 88.7 Å². The first-order valence-corrected chi connectivity index (χ1v) is 17.6. The van der Waals surface area contributed by atoms with Crippen LogP contribution in [0.1, 0.15) is 65.5 Å². The van der Waals surface area contributed by atoms with Crippen molar-refractivity contribution in [3.63, 3.8) is 0 Å². The lowest BCUT2D eigenvalue weighted by atomic mass is 9.90. The highest BCUT2D eigenvalue weighted by atomic mass is 19.4. The maximum absolute atomic E-state index is 13.0. The van der Waals surface area contributed by atoms with Gasteiger partial charge in [-0.3, -0.25) is 19.1 Å². The molecule has 1 fully saturated rings. The Morgan fingerprint density at radius 3 is 2.19 bits per heavy atom. The number of alkyl carbamates (subject to hydrolysis) is 1. The van der Waals surface area contributed by atoms with Crippen LogP contribution in [-0.2, 0) is 29.0 Å². The van der Waals surface area contributed by atoms with Crippen LogP contribution in [0.15, 0.2) is 60.7 Å². The van der Waals surface area contributed by atoms with E-state index in [0.717, 1.165) is 61.7 Å². The smallest absolute Gasteiger partial charge is 0.407 e. The van der Waals surface area contributed by atoms with Gasteiger partial charge in [-0.25, -0.2) is 4.79 Å². The number of phenols is 2. The molecule has 1 aromatic heterocycles. The molecule has 5 N–H and O–H groups in total. The van der Waals surface area contributed by atoms with Crippen LogP contribution in [0.2, 0.25) is 0 Å². The zero-order valence-electron chi connectivity index (χ0n) is 30.2. The largest absolute Gasteiger partial charge is 0.508 e. The lowest BCUT2D eigenvalue weighted by molar-refractivity contribution is -0.124. The van der Waals surface area contributed by atoms with Gasteiger partial charge in [-0.1, -0.05) is 50.2 Å². The number of halogens is 3. The third kappa shape index (κ3) is 10.5. The summed E-state index contributed by atoms with van der Waals surface area (Å²) in [6, 6.07) is 17.9. The number of ether oxygens (including phenoxy) is 1. The van der Waals surface area contributed by atoms with E-state index in [0.29, 0.717) is 17.2 Å². The summed E-state index contributed by atoms with van der Waals surface area (Å²) >= 11 is 0. The summed E-state index contributed by atoms with van der Waals surface area (Å²) in [4.78, 5) is 38.3. The van der Waals surface area contributed by atoms with Gasteiger partial charge in [0.25, 0.3) is 11.8 Å². The number of likely N-dealkylation sites (tertiary alicyclic amines) is 1. The molecule has 5 rings (SSSR count). The number of nitrogens with one attached hydrogen (secondary N) is 3. The van der Waals surface area contributed by atoms with Crippen LogP contribution in [-0.4, -0.2) is 87.3 Å². The number of hydrogen-bond donors (Lipinski definition) is 5. The van der Waals surface area contributed by atoms with Crippen LogP contribution < -0.4 is 16.0 Å². The number of phenolic OH excluding ortho intramolecular Hbond substituents is 2. The summed E-state index contributed by atoms with van der Waals surface area (Å²) in [6.45, 7) is 4.70. The molecule has 3 amide bonds. The van der Waals surface area contributed by atoms with Gasteiger partial charge in [-0.15, -0.1) is 10.2 Å². The lowest BCUT2D eigenvalue weighted by Gasteiger charge is -2.32. The molecule has 1 aliphatic rings. The number of benzene rings is 3. The Kier molecular flexibility index (Phi) is 12.8. The molecule has 0 bridgehead atoms. The Morgan fingerprint density at radius 1 is 0.907 bits per heavy atom. The van der Waals surface area contributed by atoms with E-state index in [9.17, 15) is 37.8 Å². The zero-order valence-corrected chi connectivity index (χ0v) is 30.2. The van der Waals surface area contributed by atoms with E-state index >= 15 is 0 Å². The number of rotatable bonds is 13. The Hall–Kier alpha value is -5.64. The number of carbonyl (C=O) groups is 3. The number of nitrogens with zero attached hydrogens (tertiary/aromatic N) is 4. The number of hydrogen-bond acceptors (Lipinski definition) is 9. The fourth-order valence-electron chi connectivity index (χ4n) is 6.26. The van der Waals surface area contributed by atoms with Gasteiger partial charge in [-0.2, -0.15) is 13.2 Å². The second-order valence-electron chi connectivity index (χ2n) is 13.6. The first kappa shape index (κ1) is 39.6. The quantitative estimate of drug-likeness (QED) is 0.123. The van der Waals surface area contributed by atoms with Crippen molar-refractivity contribution in [1.29, 1.82) is 0 Å². The Morgan fingerprint density at radius 2 is 1.56 bits per heavy atom. The van der Waals surface area contributed by atoms with Crippen molar-refractivity contribution >= 4 is 17.9 Å². The van der Waals surface area contributed by atoms with E-state index in [4.69, 9.17) is 4.74 Å². The molecule has 13 nitrogen and oxygen atoms in total. The number of likely N-dealkylation sites (N-methyl/N-ethyl adjacent to an activating group) is 1. The van der Waals surface area contributed by atoms with Crippen LogP contribution in [0.4, 0.5) is 18.0 Å². The minimum atomic E-state index is -4.64. The van der Waals surface area contributed by atoms with E-state index in [1.165, 1.54) is 17.7 Å². The molecule has 3 aromatic carbocycles. The fourth-order valence-corrected chi connectivity index (χ4v) is 6.26. The van der Waals surface area contributed by atoms with Gasteiger partial charge in [0.1, 0.15) is 18.0 Å². The van der Waals surface area contributed by atoms with Gasteiger partial charge in [0.05, 0.1) is 5.56 Å². The van der Waals surface area contributed by atoms with Gasteiger partial charge in [0.15, 0.2) is 12.4 Å². The number of alkyl halides is 3. The Labute approximate surface area is 310 Å². The van der Waals surface area contributed by atoms with E-state index in [2.05, 4.69) is 25.7 Å². The highest BCUT2D eigenvalue weighted by molar-refractivity contribution is 5.92. The average molecular weight is 752 g/mol. The van der Waals surface area contributed by atoms with Gasteiger partial charge >= 0.3 is 12.3 Å². The summed E-state index contributed by atoms with van der Waals surface area (Å²) in [5.41, 5.74) is 4.17. The zero-order chi connectivity index (χ0) is 39.0. The number of aromatic hydroxyl groups is 2. The summed E-state index contributed by atoms with van der Waals surface area (Å²) in [5, 5.41) is 36.0. The topological polar surface area (TPSA) is 171 Å². The van der Waals surface area contributed by atoms with E-state index in [-0.39, 0.29) is 47.9 Å². The lowest BCUT2D eigenvalue weighted by Crippen LogP contribution is -2.35. The number of amides is 3. The predicted molar refractivity (Wildman–Crippen MR) is 193 cm³/mol. The summed E-state index contributed by atoms with van der Waals surface area (Å²) in [6.07, 6.45) is -2.52. The normalized spacial score (nSPS) is 13.8. The Bertz CT molecular complexity index is 1920. The van der Waals surface area contributed by atoms with E-state index in [1.54, 1.807) is 12.1 Å². The van der Waals surface area contributed by atoms with Crippen molar-refractivity contribution in [2.45, 2.75) is 58.3 Å². The summed E-state index contributed by atoms with van der Waals surface area (Å²) in [5.74, 6) is -2.01. The van der Waals surface area contributed by atoms with Crippen LogP contribution >= 0.6 is 0 Å². The average Bonchev–Trinajstić information content (AvgIpc) is 3.58. The molecule has 0 saturated carbocycles. The van der Waals surface area contributed by atoms with Crippen LogP contribution in [0.3, 0.4) is 0 Å². The molecule has 2 heterocycles. The van der Waals surface area contributed by atoms with E-state index < -0.39 is 30.5 Å². The van der Waals surface area contributed by atoms with Crippen molar-refractivity contribution in [1.82, 2.24) is 35.6 Å². The van der Waals surface area contributed by atoms with Crippen LogP contribution in [0.5, 0.6) is 11.5 Å². The Balaban J connectivity index is 1.21. The molecule has 0 aliphatic carbocycles. The predicted octanol–water partition coefficient (Wildman–Crippen LogP) is 5.19. The van der Waals surface area contributed by atoms with Crippen molar-refractivity contribution in [2.24, 2.45) is 5.92 Å². The molecule has 1 aliphatic heterocycles. The monoisotopic (exact) mass is 751 g/mol. The number of carbonyl (C=O) groups excluding carboxylic acids is 3. The minimum Gasteiger partial charge on any atom is -0.508 e. The maximum Gasteiger partial charge on any atom is 0.407 e. The molecule has 54 heavy (non-hydrogen) atoms. The van der Waals surface area contributed by atoms with Gasteiger partial charge in [-0.05, 0) is 84.6 Å². The molecular weight excluding hydrogens is 707 g/mol. The molecule has 16 heteroatoms. The second kappa shape index (κ2) is 17.5. The minimum absolute atomic E-state index is 0.0252. The maximum atomic E-state index is 13.0. The molecule has 0 radical (unpaired) electrons. The number of aromatic nitrogens is 3. The standard InChI is InChI=1S/C38H44F3N7O6/c1-23(2)29-17-30(32(50)18-31(29)49)34-45-46-35(36(52)44-22-38(39,40)41)48(34)28-10-8-24(9-11-28)16-25-12-14-47(15-13-25)20-27-6-4-26(5-7-27)19-43-37(53)54-21-33(51)42-3/h4-11,17-18,23,25,49-50H,12-16,19-22H2,1-3H3,(H,42,51)(H,43,53)(H,44,52). The first-order chi connectivity index (χ1) is 25.7. The van der Waals surface area contributed by atoms with Crippen molar-refractivity contribution in [2.75, 3.05) is 33.3 Å². The fraction of sp³-hybridized carbons (Fsp3) is 0.395. The van der Waals surface area contributed by atoms with Gasteiger partial charge in [0.2, 0.25) is 5.82 Å². The third-order valence-corrected chi connectivity index (χ3v) is 9.23. The summed E-state index contributed by atoms with van der Waals surface area (Å²) in [7, 11) is 1.46. The molecule has 0 unspecified atom stereocenters. The second-order valence-corrected chi connectivity index (χ2v) is 13.6. The van der Waals surface area contributed by atoms with Crippen molar-refractivity contribution in [3.8, 4) is 28.6 Å². The summed E-state index contributed by atoms with van der Waals surface area (Å²) < 4.78 is 45.0. The highest BCUT2D eigenvalue weighted by Crippen LogP contribution is 2.38. The van der Waals surface area contributed by atoms with Gasteiger partial charge < -0.3 is 30.9 Å². The van der Waals surface area contributed by atoms with Gasteiger partial charge in [0, 0.05) is 31.9 Å². The van der Waals surface area contributed by atoms with Crippen molar-refractivity contribution < 1.29 is 42.5 Å². The first-order valence-electron chi connectivity index (χ1n) is 17.6. The SMILES string of the molecule is CNC(=O)COC(=O)NCc1ccc(CN2CCC(Cc3ccc(-n4c(C(=O)NCC(F)(F)F)nnc4-c4cc(C(C)C)c(O)cc4O)cc3)CC2)cc1. The molecule has 0 spiro atoms. The number of piperidine rings is 1. The van der Waals surface area contributed by atoms with Crippen LogP contribution in [0.25, 0.3) is 17.1 Å². The van der Waals surface area contributed by atoms with Crippen LogP contribution in [0, 0.1) is 5.92 Å². The van der Waals surface area contributed by atoms with E-state index in [1.807, 2.05) is 55.6 Å². The molecule has 4 aromatic rings. The molecule has 0 atom stereocenters. The molecule has 1 saturated heterocycles. The highest BCUT2D eigenvalue weighted by Gasteiger charge is 2.31. The molecular formula is C38H44F3N7O6.